The Bertz CT molecular complexity index is 771. The van der Waals surface area contributed by atoms with Crippen LogP contribution in [0.25, 0.3) is 0 Å². The summed E-state index contributed by atoms with van der Waals surface area (Å²) < 4.78 is 27.1. The average molecular weight is 429 g/mol. The van der Waals surface area contributed by atoms with Gasteiger partial charge >= 0.3 is 0 Å². The molecule has 7 nitrogen and oxygen atoms in total. The molecule has 2 fully saturated rings. The quantitative estimate of drug-likeness (QED) is 0.705. The molecule has 0 saturated carbocycles. The Balaban J connectivity index is 1.56. The van der Waals surface area contributed by atoms with Gasteiger partial charge in [0.25, 0.3) is 0 Å². The van der Waals surface area contributed by atoms with Crippen LogP contribution in [0.15, 0.2) is 29.2 Å². The smallest absolute Gasteiger partial charge is 0.243 e. The fourth-order valence-corrected chi connectivity index (χ4v) is 5.34. The van der Waals surface area contributed by atoms with Gasteiger partial charge in [-0.3, -0.25) is 9.69 Å². The summed E-state index contributed by atoms with van der Waals surface area (Å²) in [4.78, 5) is 19.5. The predicted molar refractivity (Wildman–Crippen MR) is 110 cm³/mol. The van der Waals surface area contributed by atoms with Crippen molar-refractivity contribution in [3.63, 3.8) is 0 Å². The summed E-state index contributed by atoms with van der Waals surface area (Å²) in [7, 11) is -3.53. The van der Waals surface area contributed by atoms with Crippen molar-refractivity contribution in [2.75, 3.05) is 58.9 Å². The van der Waals surface area contributed by atoms with Crippen LogP contribution in [0, 0.1) is 0 Å². The van der Waals surface area contributed by atoms with Gasteiger partial charge in [0.2, 0.25) is 15.9 Å². The average Bonchev–Trinajstić information content (AvgIpc) is 2.73. The van der Waals surface area contributed by atoms with Gasteiger partial charge < -0.3 is 9.80 Å². The Labute approximate surface area is 172 Å². The van der Waals surface area contributed by atoms with E-state index in [0.29, 0.717) is 31.2 Å². The number of hydrogen-bond acceptors (Lipinski definition) is 5. The Morgan fingerprint density at radius 1 is 1.00 bits per heavy atom. The maximum absolute atomic E-state index is 12.8. The van der Waals surface area contributed by atoms with E-state index in [1.807, 2.05) is 11.8 Å². The topological polar surface area (TPSA) is 64.2 Å². The van der Waals surface area contributed by atoms with E-state index in [9.17, 15) is 13.2 Å². The normalized spacial score (nSPS) is 21.6. The van der Waals surface area contributed by atoms with Crippen LogP contribution in [0.5, 0.6) is 0 Å². The molecule has 2 saturated heterocycles. The number of carbonyl (C=O) groups is 1. The lowest BCUT2D eigenvalue weighted by Gasteiger charge is -2.40. The molecular formula is C19H29ClN4O3S. The highest BCUT2D eigenvalue weighted by molar-refractivity contribution is 7.89. The standard InChI is InChI=1S/C19H29ClN4O3S/c1-3-21-8-10-23(11-9-21)19(25)16(2)22-12-14-24(15-13-22)28(26,27)18-6-4-17(20)5-7-18/h4-7,16H,3,8-15H2,1-2H3. The molecule has 3 rings (SSSR count). The van der Waals surface area contributed by atoms with Crippen molar-refractivity contribution in [1.29, 1.82) is 0 Å². The SMILES string of the molecule is CCN1CCN(C(=O)C(C)N2CCN(S(=O)(=O)c3ccc(Cl)cc3)CC2)CC1. The first kappa shape index (κ1) is 21.5. The summed E-state index contributed by atoms with van der Waals surface area (Å²) in [6, 6.07) is 6.01. The largest absolute Gasteiger partial charge is 0.339 e. The molecule has 1 aromatic rings. The number of halogens is 1. The zero-order valence-corrected chi connectivity index (χ0v) is 18.1. The van der Waals surface area contributed by atoms with Gasteiger partial charge in [-0.05, 0) is 37.7 Å². The van der Waals surface area contributed by atoms with Crippen molar-refractivity contribution in [2.45, 2.75) is 24.8 Å². The van der Waals surface area contributed by atoms with Crippen molar-refractivity contribution < 1.29 is 13.2 Å². The van der Waals surface area contributed by atoms with E-state index in [0.717, 1.165) is 32.7 Å². The van der Waals surface area contributed by atoms with Crippen LogP contribution in [-0.4, -0.2) is 98.3 Å². The number of rotatable bonds is 5. The van der Waals surface area contributed by atoms with Crippen LogP contribution in [-0.2, 0) is 14.8 Å². The van der Waals surface area contributed by atoms with Gasteiger partial charge in [0.15, 0.2) is 0 Å². The summed E-state index contributed by atoms with van der Waals surface area (Å²) in [5.74, 6) is 0.143. The fourth-order valence-electron chi connectivity index (χ4n) is 3.79. The highest BCUT2D eigenvalue weighted by atomic mass is 35.5. The summed E-state index contributed by atoms with van der Waals surface area (Å²) in [6.07, 6.45) is 0. The summed E-state index contributed by atoms with van der Waals surface area (Å²) in [6.45, 7) is 10.3. The monoisotopic (exact) mass is 428 g/mol. The first-order valence-electron chi connectivity index (χ1n) is 9.84. The molecule has 1 amide bonds. The van der Waals surface area contributed by atoms with E-state index in [1.54, 1.807) is 12.1 Å². The molecule has 0 bridgehead atoms. The van der Waals surface area contributed by atoms with Crippen molar-refractivity contribution >= 4 is 27.5 Å². The first-order chi connectivity index (χ1) is 13.3. The molecule has 2 heterocycles. The minimum absolute atomic E-state index is 0.143. The molecule has 1 unspecified atom stereocenters. The number of benzene rings is 1. The minimum atomic E-state index is -3.53. The second-order valence-electron chi connectivity index (χ2n) is 7.33. The fraction of sp³-hybridized carbons (Fsp3) is 0.632. The highest BCUT2D eigenvalue weighted by Crippen LogP contribution is 2.21. The molecule has 9 heteroatoms. The van der Waals surface area contributed by atoms with E-state index in [-0.39, 0.29) is 16.8 Å². The molecule has 1 aromatic carbocycles. The van der Waals surface area contributed by atoms with Gasteiger partial charge in [0, 0.05) is 57.4 Å². The molecule has 0 aliphatic carbocycles. The molecule has 28 heavy (non-hydrogen) atoms. The summed E-state index contributed by atoms with van der Waals surface area (Å²) in [5, 5.41) is 0.510. The maximum Gasteiger partial charge on any atom is 0.243 e. The van der Waals surface area contributed by atoms with Gasteiger partial charge in [0.05, 0.1) is 10.9 Å². The zero-order valence-electron chi connectivity index (χ0n) is 16.6. The van der Waals surface area contributed by atoms with Crippen LogP contribution in [0.4, 0.5) is 0 Å². The number of likely N-dealkylation sites (N-methyl/N-ethyl adjacent to an activating group) is 1. The number of carbonyl (C=O) groups excluding carboxylic acids is 1. The van der Waals surface area contributed by atoms with E-state index in [4.69, 9.17) is 11.6 Å². The van der Waals surface area contributed by atoms with Crippen LogP contribution in [0.2, 0.25) is 5.02 Å². The number of amides is 1. The molecule has 2 aliphatic rings. The number of hydrogen-bond donors (Lipinski definition) is 0. The van der Waals surface area contributed by atoms with E-state index in [1.165, 1.54) is 16.4 Å². The van der Waals surface area contributed by atoms with E-state index in [2.05, 4.69) is 16.7 Å². The van der Waals surface area contributed by atoms with E-state index < -0.39 is 10.0 Å². The lowest BCUT2D eigenvalue weighted by molar-refractivity contribution is -0.138. The molecule has 2 aliphatic heterocycles. The lowest BCUT2D eigenvalue weighted by atomic mass is 10.2. The molecule has 156 valence electrons. The van der Waals surface area contributed by atoms with Gasteiger partial charge in [-0.25, -0.2) is 8.42 Å². The molecule has 1 atom stereocenters. The van der Waals surface area contributed by atoms with Crippen LogP contribution < -0.4 is 0 Å². The lowest BCUT2D eigenvalue weighted by Crippen LogP contribution is -2.57. The second-order valence-corrected chi connectivity index (χ2v) is 9.70. The van der Waals surface area contributed by atoms with Crippen LogP contribution >= 0.6 is 11.6 Å². The molecule has 0 spiro atoms. The zero-order chi connectivity index (χ0) is 20.3. The second kappa shape index (κ2) is 9.09. The van der Waals surface area contributed by atoms with Crippen molar-refractivity contribution in [3.8, 4) is 0 Å². The van der Waals surface area contributed by atoms with Gasteiger partial charge in [-0.2, -0.15) is 4.31 Å². The van der Waals surface area contributed by atoms with Crippen molar-refractivity contribution in [1.82, 2.24) is 19.0 Å². The minimum Gasteiger partial charge on any atom is -0.339 e. The summed E-state index contributed by atoms with van der Waals surface area (Å²) in [5.41, 5.74) is 0. The maximum atomic E-state index is 12.8. The van der Waals surface area contributed by atoms with Gasteiger partial charge in [-0.15, -0.1) is 0 Å². The summed E-state index contributed by atoms with van der Waals surface area (Å²) >= 11 is 5.86. The van der Waals surface area contributed by atoms with E-state index >= 15 is 0 Å². The van der Waals surface area contributed by atoms with Gasteiger partial charge in [-0.1, -0.05) is 18.5 Å². The molecule has 0 radical (unpaired) electrons. The molecule has 0 N–H and O–H groups in total. The van der Waals surface area contributed by atoms with Crippen molar-refractivity contribution in [2.24, 2.45) is 0 Å². The van der Waals surface area contributed by atoms with Gasteiger partial charge in [0.1, 0.15) is 0 Å². The highest BCUT2D eigenvalue weighted by Gasteiger charge is 2.33. The number of sulfonamides is 1. The Kier molecular flexibility index (Phi) is 6.98. The number of piperazine rings is 2. The number of nitrogens with zero attached hydrogens (tertiary/aromatic N) is 4. The predicted octanol–water partition coefficient (Wildman–Crippen LogP) is 1.20. The molecule has 0 aromatic heterocycles. The van der Waals surface area contributed by atoms with Crippen molar-refractivity contribution in [3.05, 3.63) is 29.3 Å². The first-order valence-corrected chi connectivity index (χ1v) is 11.7. The third kappa shape index (κ3) is 4.68. The Hall–Kier alpha value is -1.19. The van der Waals surface area contributed by atoms with Crippen LogP contribution in [0.1, 0.15) is 13.8 Å². The van der Waals surface area contributed by atoms with Crippen LogP contribution in [0.3, 0.4) is 0 Å². The third-order valence-corrected chi connectivity index (χ3v) is 7.93. The Morgan fingerprint density at radius 2 is 1.57 bits per heavy atom. The Morgan fingerprint density at radius 3 is 2.11 bits per heavy atom. The third-order valence-electron chi connectivity index (χ3n) is 5.76. The molecular weight excluding hydrogens is 400 g/mol.